The first-order valence-corrected chi connectivity index (χ1v) is 7.38. The van der Waals surface area contributed by atoms with Gasteiger partial charge in [0.05, 0.1) is 13.7 Å². The second-order valence-corrected chi connectivity index (χ2v) is 5.32. The molecule has 0 amide bonds. The number of hydrogen-bond acceptors (Lipinski definition) is 7. The summed E-state index contributed by atoms with van der Waals surface area (Å²) in [4.78, 5) is 10.6. The Kier molecular flexibility index (Phi) is 3.41. The van der Waals surface area contributed by atoms with Crippen LogP contribution in [0, 0.1) is 0 Å². The topological polar surface area (TPSA) is 82.1 Å². The van der Waals surface area contributed by atoms with Crippen LogP contribution in [0.5, 0.6) is 5.88 Å². The van der Waals surface area contributed by atoms with Crippen LogP contribution < -0.4 is 9.64 Å². The van der Waals surface area contributed by atoms with E-state index in [-0.39, 0.29) is 0 Å². The van der Waals surface area contributed by atoms with Crippen molar-refractivity contribution in [3.63, 3.8) is 0 Å². The smallest absolute Gasteiger partial charge is 0.218 e. The summed E-state index contributed by atoms with van der Waals surface area (Å²) in [7, 11) is 1.60. The Labute approximate surface area is 132 Å². The molecule has 0 bridgehead atoms. The average molecular weight is 312 g/mol. The van der Waals surface area contributed by atoms with Gasteiger partial charge in [-0.3, -0.25) is 4.68 Å². The summed E-state index contributed by atoms with van der Waals surface area (Å²) in [5, 5.41) is 8.44. The zero-order valence-electron chi connectivity index (χ0n) is 12.7. The van der Waals surface area contributed by atoms with Gasteiger partial charge in [-0.1, -0.05) is 5.16 Å². The largest absolute Gasteiger partial charge is 0.481 e. The Morgan fingerprint density at radius 2 is 2.30 bits per heavy atom. The number of rotatable bonds is 4. The van der Waals surface area contributed by atoms with Crippen LogP contribution >= 0.6 is 0 Å². The Morgan fingerprint density at radius 1 is 1.35 bits per heavy atom. The number of anilines is 1. The van der Waals surface area contributed by atoms with Gasteiger partial charge in [-0.25, -0.2) is 9.97 Å². The van der Waals surface area contributed by atoms with Crippen LogP contribution in [-0.4, -0.2) is 38.6 Å². The molecule has 8 nitrogen and oxygen atoms in total. The van der Waals surface area contributed by atoms with Crippen molar-refractivity contribution in [1.82, 2.24) is 24.9 Å². The minimum atomic E-state index is 0.558. The Bertz CT molecular complexity index is 798. The molecular formula is C15H16N6O2. The van der Waals surface area contributed by atoms with Crippen molar-refractivity contribution in [3.05, 3.63) is 47.9 Å². The van der Waals surface area contributed by atoms with Crippen molar-refractivity contribution in [2.24, 2.45) is 0 Å². The minimum absolute atomic E-state index is 0.558. The van der Waals surface area contributed by atoms with Crippen molar-refractivity contribution in [2.75, 3.05) is 18.6 Å². The highest BCUT2D eigenvalue weighted by Crippen LogP contribution is 2.27. The lowest BCUT2D eigenvalue weighted by Gasteiger charge is -2.27. The zero-order valence-corrected chi connectivity index (χ0v) is 12.7. The SMILES string of the molecule is COc1cc(N2CCc3onc(Cn4cccn4)c3C2)ncn1. The Balaban J connectivity index is 1.59. The summed E-state index contributed by atoms with van der Waals surface area (Å²) >= 11 is 0. The van der Waals surface area contributed by atoms with E-state index in [2.05, 4.69) is 25.1 Å². The van der Waals surface area contributed by atoms with Crippen LogP contribution in [0.4, 0.5) is 5.82 Å². The molecular weight excluding hydrogens is 296 g/mol. The maximum Gasteiger partial charge on any atom is 0.218 e. The fraction of sp³-hybridized carbons (Fsp3) is 0.333. The molecule has 118 valence electrons. The third kappa shape index (κ3) is 2.63. The van der Waals surface area contributed by atoms with Crippen molar-refractivity contribution in [3.8, 4) is 5.88 Å². The number of ether oxygens (including phenoxy) is 1. The van der Waals surface area contributed by atoms with E-state index in [1.807, 2.05) is 23.0 Å². The maximum absolute atomic E-state index is 5.49. The standard InChI is InChI=1S/C15H16N6O2/c1-22-15-7-14(16-10-17-15)20-6-3-13-11(8-20)12(19-23-13)9-21-5-2-4-18-21/h2,4-5,7,10H,3,6,8-9H2,1H3. The fourth-order valence-electron chi connectivity index (χ4n) is 2.75. The molecule has 8 heteroatoms. The predicted octanol–water partition coefficient (Wildman–Crippen LogP) is 1.28. The molecule has 0 fully saturated rings. The van der Waals surface area contributed by atoms with Crippen molar-refractivity contribution in [1.29, 1.82) is 0 Å². The second kappa shape index (κ2) is 5.71. The molecule has 0 saturated heterocycles. The summed E-state index contributed by atoms with van der Waals surface area (Å²) in [5.41, 5.74) is 2.03. The van der Waals surface area contributed by atoms with Gasteiger partial charge in [0, 0.05) is 43.5 Å². The summed E-state index contributed by atoms with van der Waals surface area (Å²) in [5.74, 6) is 2.35. The molecule has 0 aliphatic carbocycles. The monoisotopic (exact) mass is 312 g/mol. The number of fused-ring (bicyclic) bond motifs is 1. The number of aromatic nitrogens is 5. The van der Waals surface area contributed by atoms with Crippen LogP contribution in [-0.2, 0) is 19.5 Å². The molecule has 23 heavy (non-hydrogen) atoms. The molecule has 4 rings (SSSR count). The first-order valence-electron chi connectivity index (χ1n) is 7.38. The lowest BCUT2D eigenvalue weighted by atomic mass is 10.1. The third-order valence-electron chi connectivity index (χ3n) is 3.94. The first-order chi connectivity index (χ1) is 11.3. The van der Waals surface area contributed by atoms with E-state index in [9.17, 15) is 0 Å². The third-order valence-corrected chi connectivity index (χ3v) is 3.94. The summed E-state index contributed by atoms with van der Waals surface area (Å²) in [6.45, 7) is 2.13. The molecule has 0 unspecified atom stereocenters. The molecule has 4 heterocycles. The van der Waals surface area contributed by atoms with E-state index < -0.39 is 0 Å². The van der Waals surface area contributed by atoms with Gasteiger partial charge in [-0.2, -0.15) is 5.10 Å². The van der Waals surface area contributed by atoms with E-state index in [0.29, 0.717) is 19.0 Å². The fourth-order valence-corrected chi connectivity index (χ4v) is 2.75. The van der Waals surface area contributed by atoms with Crippen molar-refractivity contribution >= 4 is 5.82 Å². The Hall–Kier alpha value is -2.90. The molecule has 1 aliphatic heterocycles. The normalized spacial score (nSPS) is 13.9. The lowest BCUT2D eigenvalue weighted by Crippen LogP contribution is -2.31. The molecule has 0 saturated carbocycles. The van der Waals surface area contributed by atoms with Gasteiger partial charge in [0.1, 0.15) is 23.6 Å². The van der Waals surface area contributed by atoms with E-state index >= 15 is 0 Å². The van der Waals surface area contributed by atoms with Gasteiger partial charge >= 0.3 is 0 Å². The molecule has 0 spiro atoms. The summed E-state index contributed by atoms with van der Waals surface area (Å²) in [6.07, 6.45) is 5.98. The molecule has 3 aromatic rings. The van der Waals surface area contributed by atoms with E-state index in [1.54, 1.807) is 13.3 Å². The summed E-state index contributed by atoms with van der Waals surface area (Å²) in [6, 6.07) is 3.73. The molecule has 0 atom stereocenters. The first kappa shape index (κ1) is 13.7. The maximum atomic E-state index is 5.49. The van der Waals surface area contributed by atoms with Gasteiger partial charge in [0.25, 0.3) is 0 Å². The van der Waals surface area contributed by atoms with Gasteiger partial charge < -0.3 is 14.2 Å². The van der Waals surface area contributed by atoms with E-state index in [0.717, 1.165) is 35.8 Å². The average Bonchev–Trinajstić information content (AvgIpc) is 3.25. The van der Waals surface area contributed by atoms with Crippen LogP contribution in [0.15, 0.2) is 35.4 Å². The van der Waals surface area contributed by atoms with Gasteiger partial charge in [0.2, 0.25) is 5.88 Å². The van der Waals surface area contributed by atoms with Crippen LogP contribution in [0.25, 0.3) is 0 Å². The lowest BCUT2D eigenvalue weighted by molar-refractivity contribution is 0.370. The molecule has 3 aromatic heterocycles. The second-order valence-electron chi connectivity index (χ2n) is 5.32. The predicted molar refractivity (Wildman–Crippen MR) is 81.2 cm³/mol. The number of methoxy groups -OCH3 is 1. The van der Waals surface area contributed by atoms with Gasteiger partial charge in [-0.05, 0) is 6.07 Å². The number of nitrogens with zero attached hydrogens (tertiary/aromatic N) is 6. The van der Waals surface area contributed by atoms with Crippen molar-refractivity contribution in [2.45, 2.75) is 19.5 Å². The quantitative estimate of drug-likeness (QED) is 0.717. The molecule has 0 N–H and O–H groups in total. The highest BCUT2D eigenvalue weighted by Gasteiger charge is 2.25. The van der Waals surface area contributed by atoms with E-state index in [4.69, 9.17) is 9.26 Å². The highest BCUT2D eigenvalue weighted by atomic mass is 16.5. The highest BCUT2D eigenvalue weighted by molar-refractivity contribution is 5.44. The molecule has 0 radical (unpaired) electrons. The zero-order chi connectivity index (χ0) is 15.6. The minimum Gasteiger partial charge on any atom is -0.481 e. The summed E-state index contributed by atoms with van der Waals surface area (Å²) < 4.78 is 12.5. The van der Waals surface area contributed by atoms with Gasteiger partial charge in [-0.15, -0.1) is 0 Å². The van der Waals surface area contributed by atoms with Crippen LogP contribution in [0.2, 0.25) is 0 Å². The van der Waals surface area contributed by atoms with Crippen LogP contribution in [0.3, 0.4) is 0 Å². The Morgan fingerprint density at radius 3 is 3.13 bits per heavy atom. The van der Waals surface area contributed by atoms with Gasteiger partial charge in [0.15, 0.2) is 0 Å². The van der Waals surface area contributed by atoms with E-state index in [1.165, 1.54) is 6.33 Å². The van der Waals surface area contributed by atoms with Crippen LogP contribution in [0.1, 0.15) is 17.0 Å². The van der Waals surface area contributed by atoms with Crippen molar-refractivity contribution < 1.29 is 9.26 Å². The number of hydrogen-bond donors (Lipinski definition) is 0. The molecule has 1 aliphatic rings. The molecule has 0 aromatic carbocycles.